The van der Waals surface area contributed by atoms with Crippen LogP contribution in [0.1, 0.15) is 24.5 Å². The molecule has 1 unspecified atom stereocenters. The van der Waals surface area contributed by atoms with Crippen molar-refractivity contribution >= 4 is 44.2 Å². The average molecular weight is 495 g/mol. The van der Waals surface area contributed by atoms with Gasteiger partial charge in [-0.15, -0.1) is 0 Å². The van der Waals surface area contributed by atoms with Gasteiger partial charge in [-0.2, -0.15) is 0 Å². The van der Waals surface area contributed by atoms with E-state index in [1.54, 1.807) is 65.6 Å². The third-order valence-electron chi connectivity index (χ3n) is 5.61. The van der Waals surface area contributed by atoms with Crippen LogP contribution in [0, 0.1) is 6.92 Å². The Hall–Kier alpha value is -3.10. The van der Waals surface area contributed by atoms with Crippen molar-refractivity contribution in [3.63, 3.8) is 0 Å². The Kier molecular flexibility index (Phi) is 7.09. The summed E-state index contributed by atoms with van der Waals surface area (Å²) in [6.45, 7) is 4.38. The highest BCUT2D eigenvalue weighted by atomic mass is 32.2. The lowest BCUT2D eigenvalue weighted by Crippen LogP contribution is -2.27. The summed E-state index contributed by atoms with van der Waals surface area (Å²) in [6.07, 6.45) is 0.360. The van der Waals surface area contributed by atoms with Gasteiger partial charge in [-0.25, -0.2) is 12.7 Å². The molecule has 0 aliphatic carbocycles. The molecule has 1 aliphatic rings. The van der Waals surface area contributed by atoms with Crippen molar-refractivity contribution in [1.82, 2.24) is 4.90 Å². The van der Waals surface area contributed by atoms with Crippen molar-refractivity contribution in [2.24, 2.45) is 0 Å². The molecule has 0 N–H and O–H groups in total. The zero-order valence-corrected chi connectivity index (χ0v) is 20.7. The molecule has 1 fully saturated rings. The summed E-state index contributed by atoms with van der Waals surface area (Å²) in [5, 5.41) is -0.00251. The first-order valence-electron chi connectivity index (χ1n) is 10.9. The summed E-state index contributed by atoms with van der Waals surface area (Å²) in [7, 11) is -3.85. The zero-order valence-electron chi connectivity index (χ0n) is 19.0. The highest BCUT2D eigenvalue weighted by Gasteiger charge is 2.31. The molecule has 1 aliphatic heterocycles. The van der Waals surface area contributed by atoms with Crippen molar-refractivity contribution in [3.8, 4) is 0 Å². The van der Waals surface area contributed by atoms with E-state index in [1.165, 1.54) is 23.0 Å². The number of rotatable bonds is 7. The number of anilines is 2. The minimum Gasteiger partial charge on any atom is -0.337 e. The number of benzene rings is 3. The molecule has 0 aromatic heterocycles. The van der Waals surface area contributed by atoms with Crippen LogP contribution >= 0.6 is 11.8 Å². The fourth-order valence-corrected chi connectivity index (χ4v) is 6.40. The van der Waals surface area contributed by atoms with Crippen molar-refractivity contribution in [2.75, 3.05) is 10.8 Å². The van der Waals surface area contributed by atoms with E-state index in [2.05, 4.69) is 0 Å². The van der Waals surface area contributed by atoms with Crippen molar-refractivity contribution in [3.05, 3.63) is 90.0 Å². The van der Waals surface area contributed by atoms with E-state index in [1.807, 2.05) is 25.1 Å². The van der Waals surface area contributed by atoms with Crippen LogP contribution in [0.4, 0.5) is 11.4 Å². The summed E-state index contributed by atoms with van der Waals surface area (Å²) in [5.41, 5.74) is 2.92. The van der Waals surface area contributed by atoms with Crippen LogP contribution in [0.15, 0.2) is 83.8 Å². The lowest BCUT2D eigenvalue weighted by molar-refractivity contribution is -0.128. The number of carbonyl (C=O) groups is 2. The molecular weight excluding hydrogens is 468 g/mol. The minimum absolute atomic E-state index is 0.0137. The molecular formula is C26H26N2O4S2. The Labute approximate surface area is 204 Å². The highest BCUT2D eigenvalue weighted by molar-refractivity contribution is 8.14. The van der Waals surface area contributed by atoms with Crippen LogP contribution in [0.2, 0.25) is 0 Å². The normalized spacial score (nSPS) is 16.0. The quantitative estimate of drug-likeness (QED) is 0.467. The second kappa shape index (κ2) is 10.0. The van der Waals surface area contributed by atoms with Crippen LogP contribution in [-0.2, 0) is 26.2 Å². The minimum atomic E-state index is -3.85. The van der Waals surface area contributed by atoms with Gasteiger partial charge in [-0.3, -0.25) is 9.59 Å². The lowest BCUT2D eigenvalue weighted by Gasteiger charge is -2.25. The molecule has 0 spiro atoms. The summed E-state index contributed by atoms with van der Waals surface area (Å²) >= 11 is 1.21. The summed E-state index contributed by atoms with van der Waals surface area (Å²) in [6, 6.07) is 23.0. The number of hydrogen-bond donors (Lipinski definition) is 0. The predicted octanol–water partition coefficient (Wildman–Crippen LogP) is 4.90. The maximum Gasteiger partial charge on any atom is 0.268 e. The van der Waals surface area contributed by atoms with E-state index in [9.17, 15) is 18.0 Å². The standard InChI is InChI=1S/C26H26N2O4S2/c1-19-8-14-25(15-9-19)34(31,32)28(22-6-4-3-5-7-22)23-12-10-21(11-13-23)17-27-18-24(16-26(27)30)33-20(2)29/h3-15,24H,16-18H2,1-2H3. The Morgan fingerprint density at radius 1 is 0.971 bits per heavy atom. The first-order valence-corrected chi connectivity index (χ1v) is 13.3. The van der Waals surface area contributed by atoms with Gasteiger partial charge in [0.05, 0.1) is 16.3 Å². The van der Waals surface area contributed by atoms with Gasteiger partial charge in [-0.05, 0) is 48.9 Å². The maximum atomic E-state index is 13.6. The predicted molar refractivity (Wildman–Crippen MR) is 135 cm³/mol. The fraction of sp³-hybridized carbons (Fsp3) is 0.231. The summed E-state index contributed by atoms with van der Waals surface area (Å²) in [4.78, 5) is 25.7. The molecule has 0 bridgehead atoms. The van der Waals surface area contributed by atoms with Crippen LogP contribution in [-0.4, -0.2) is 36.1 Å². The van der Waals surface area contributed by atoms with Gasteiger partial charge in [0.1, 0.15) is 0 Å². The van der Waals surface area contributed by atoms with Gasteiger partial charge in [0.25, 0.3) is 10.0 Å². The Bertz CT molecular complexity index is 1270. The third kappa shape index (κ3) is 5.34. The topological polar surface area (TPSA) is 74.8 Å². The van der Waals surface area contributed by atoms with E-state index in [4.69, 9.17) is 0 Å². The molecule has 176 valence electrons. The Morgan fingerprint density at radius 2 is 1.59 bits per heavy atom. The molecule has 4 rings (SSSR count). The van der Waals surface area contributed by atoms with E-state index >= 15 is 0 Å². The molecule has 1 heterocycles. The van der Waals surface area contributed by atoms with Gasteiger partial charge in [-0.1, -0.05) is 59.8 Å². The monoisotopic (exact) mass is 494 g/mol. The largest absolute Gasteiger partial charge is 0.337 e. The highest BCUT2D eigenvalue weighted by Crippen LogP contribution is 2.33. The molecule has 3 aromatic carbocycles. The first kappa shape index (κ1) is 24.0. The smallest absolute Gasteiger partial charge is 0.268 e. The summed E-state index contributed by atoms with van der Waals surface area (Å²) < 4.78 is 28.6. The van der Waals surface area contributed by atoms with Crippen LogP contribution in [0.25, 0.3) is 0 Å². The third-order valence-corrected chi connectivity index (χ3v) is 8.36. The van der Waals surface area contributed by atoms with Crippen molar-refractivity contribution < 1.29 is 18.0 Å². The maximum absolute atomic E-state index is 13.6. The number of carbonyl (C=O) groups excluding carboxylic acids is 2. The van der Waals surface area contributed by atoms with E-state index < -0.39 is 10.0 Å². The molecule has 8 heteroatoms. The molecule has 1 atom stereocenters. The second-order valence-electron chi connectivity index (χ2n) is 8.29. The van der Waals surface area contributed by atoms with Crippen LogP contribution < -0.4 is 4.31 Å². The number of likely N-dealkylation sites (tertiary alicyclic amines) is 1. The molecule has 6 nitrogen and oxygen atoms in total. The van der Waals surface area contributed by atoms with Crippen LogP contribution in [0.3, 0.4) is 0 Å². The van der Waals surface area contributed by atoms with Crippen molar-refractivity contribution in [2.45, 2.75) is 37.0 Å². The Balaban J connectivity index is 1.60. The molecule has 34 heavy (non-hydrogen) atoms. The zero-order chi connectivity index (χ0) is 24.3. The number of aryl methyl sites for hydroxylation is 1. The number of hydrogen-bond acceptors (Lipinski definition) is 5. The van der Waals surface area contributed by atoms with Gasteiger partial charge >= 0.3 is 0 Å². The first-order chi connectivity index (χ1) is 16.2. The number of sulfonamides is 1. The Morgan fingerprint density at radius 3 is 2.21 bits per heavy atom. The lowest BCUT2D eigenvalue weighted by atomic mass is 10.2. The van der Waals surface area contributed by atoms with Gasteiger partial charge in [0.2, 0.25) is 5.91 Å². The van der Waals surface area contributed by atoms with Gasteiger partial charge in [0, 0.05) is 31.7 Å². The SMILES string of the molecule is CC(=O)SC1CC(=O)N(Cc2ccc(N(c3ccccc3)S(=O)(=O)c3ccc(C)cc3)cc2)C1. The summed E-state index contributed by atoms with van der Waals surface area (Å²) in [5.74, 6) is 0.0238. The molecule has 3 aromatic rings. The van der Waals surface area contributed by atoms with E-state index in [0.717, 1.165) is 11.1 Å². The second-order valence-corrected chi connectivity index (χ2v) is 11.6. The fourth-order valence-electron chi connectivity index (χ4n) is 3.97. The molecule has 0 radical (unpaired) electrons. The van der Waals surface area contributed by atoms with Crippen molar-refractivity contribution in [1.29, 1.82) is 0 Å². The van der Waals surface area contributed by atoms with E-state index in [-0.39, 0.29) is 21.2 Å². The van der Waals surface area contributed by atoms with Gasteiger partial charge in [0.15, 0.2) is 5.12 Å². The van der Waals surface area contributed by atoms with Gasteiger partial charge < -0.3 is 4.90 Å². The average Bonchev–Trinajstić information content (AvgIpc) is 3.13. The van der Waals surface area contributed by atoms with E-state index in [0.29, 0.717) is 30.9 Å². The molecule has 0 saturated carbocycles. The molecule has 1 amide bonds. The number of amides is 1. The number of nitrogens with zero attached hydrogens (tertiary/aromatic N) is 2. The molecule has 1 saturated heterocycles. The number of para-hydroxylation sites is 1. The number of thioether (sulfide) groups is 1. The van der Waals surface area contributed by atoms with Crippen LogP contribution in [0.5, 0.6) is 0 Å².